The van der Waals surface area contributed by atoms with Gasteiger partial charge in [0, 0.05) is 30.8 Å². The molecule has 2 aliphatic heterocycles. The Morgan fingerprint density at radius 3 is 2.56 bits per heavy atom. The summed E-state index contributed by atoms with van der Waals surface area (Å²) in [6, 6.07) is 10.8. The Labute approximate surface area is 209 Å². The van der Waals surface area contributed by atoms with E-state index in [1.165, 1.54) is 22.5 Å². The number of piperidine rings is 1. The predicted octanol–water partition coefficient (Wildman–Crippen LogP) is 2.96. The average Bonchev–Trinajstić information content (AvgIpc) is 3.23. The Morgan fingerprint density at radius 1 is 1.08 bits per heavy atom. The smallest absolute Gasteiger partial charge is 0.250 e. The molecule has 0 amide bonds. The van der Waals surface area contributed by atoms with Crippen molar-refractivity contribution in [2.75, 3.05) is 25.0 Å². The Bertz CT molecular complexity index is 1400. The number of para-hydroxylation sites is 1. The molecule has 36 heavy (non-hydrogen) atoms. The maximum Gasteiger partial charge on any atom is 0.250 e. The van der Waals surface area contributed by atoms with Gasteiger partial charge in [0.05, 0.1) is 12.2 Å². The molecule has 1 aromatic heterocycles. The van der Waals surface area contributed by atoms with Crippen molar-refractivity contribution >= 4 is 21.7 Å². The van der Waals surface area contributed by atoms with Crippen LogP contribution in [0.5, 0.6) is 17.2 Å². The van der Waals surface area contributed by atoms with E-state index in [1.54, 1.807) is 23.0 Å². The molecule has 0 radical (unpaired) electrons. The van der Waals surface area contributed by atoms with Crippen molar-refractivity contribution in [3.8, 4) is 17.2 Å². The predicted molar refractivity (Wildman–Crippen MR) is 135 cm³/mol. The first kappa shape index (κ1) is 24.0. The molecule has 5 N–H and O–H groups in total. The molecule has 2 aliphatic rings. The van der Waals surface area contributed by atoms with E-state index < -0.39 is 26.4 Å². The number of phenolic OH excluding ortho intramolecular Hbond substituents is 3. The lowest BCUT2D eigenvalue weighted by Gasteiger charge is -2.33. The number of nitrogens with one attached hydrogen (secondary N) is 2. The van der Waals surface area contributed by atoms with Crippen molar-refractivity contribution in [3.05, 3.63) is 65.9 Å². The number of aryl methyl sites for hydroxylation is 1. The van der Waals surface area contributed by atoms with E-state index in [4.69, 9.17) is 0 Å². The summed E-state index contributed by atoms with van der Waals surface area (Å²) in [6.07, 6.45) is 5.20. The van der Waals surface area contributed by atoms with Gasteiger partial charge in [-0.15, -0.1) is 0 Å². The fourth-order valence-corrected chi connectivity index (χ4v) is 6.52. The molecular weight excluding hydrogens is 482 g/mol. The third-order valence-electron chi connectivity index (χ3n) is 6.69. The molecule has 190 valence electrons. The minimum Gasteiger partial charge on any atom is -0.508 e. The van der Waals surface area contributed by atoms with Crippen LogP contribution in [-0.2, 0) is 10.0 Å². The number of nitrogens with zero attached hydrogens (tertiary/aromatic N) is 3. The lowest BCUT2D eigenvalue weighted by Crippen LogP contribution is -2.43. The van der Waals surface area contributed by atoms with E-state index in [2.05, 4.69) is 15.7 Å². The number of benzene rings is 2. The highest BCUT2D eigenvalue weighted by molar-refractivity contribution is 7.89. The van der Waals surface area contributed by atoms with Crippen LogP contribution in [0, 0.1) is 12.8 Å². The molecule has 2 atom stereocenters. The van der Waals surface area contributed by atoms with Gasteiger partial charge in [-0.1, -0.05) is 24.3 Å². The Balaban J connectivity index is 1.35. The van der Waals surface area contributed by atoms with E-state index in [0.29, 0.717) is 19.5 Å². The van der Waals surface area contributed by atoms with Crippen molar-refractivity contribution in [3.63, 3.8) is 0 Å². The van der Waals surface area contributed by atoms with Gasteiger partial charge in [0.15, 0.2) is 4.90 Å². The van der Waals surface area contributed by atoms with Gasteiger partial charge in [0.2, 0.25) is 10.0 Å². The highest BCUT2D eigenvalue weighted by atomic mass is 32.2. The van der Waals surface area contributed by atoms with Gasteiger partial charge in [-0.2, -0.15) is 9.40 Å². The van der Waals surface area contributed by atoms with Crippen LogP contribution in [-0.4, -0.2) is 57.5 Å². The first-order chi connectivity index (χ1) is 17.3. The van der Waals surface area contributed by atoms with Crippen LogP contribution in [0.25, 0.3) is 5.82 Å². The number of hydrogen-bond acceptors (Lipinski definition) is 8. The van der Waals surface area contributed by atoms with E-state index in [1.807, 2.05) is 25.1 Å². The maximum atomic E-state index is 13.2. The molecule has 2 unspecified atom stereocenters. The van der Waals surface area contributed by atoms with Crippen LogP contribution in [0.4, 0.5) is 5.82 Å². The molecule has 1 saturated heterocycles. The molecule has 0 aliphatic carbocycles. The van der Waals surface area contributed by atoms with Crippen molar-refractivity contribution in [2.45, 2.75) is 30.7 Å². The lowest BCUT2D eigenvalue weighted by molar-refractivity contribution is 0.263. The zero-order valence-electron chi connectivity index (χ0n) is 19.8. The summed E-state index contributed by atoms with van der Waals surface area (Å²) in [6.45, 7) is 3.02. The highest BCUT2D eigenvalue weighted by Gasteiger charge is 2.34. The molecule has 11 heteroatoms. The van der Waals surface area contributed by atoms with Crippen LogP contribution >= 0.6 is 0 Å². The van der Waals surface area contributed by atoms with Gasteiger partial charge in [0.25, 0.3) is 0 Å². The van der Waals surface area contributed by atoms with E-state index in [-0.39, 0.29) is 24.3 Å². The maximum absolute atomic E-state index is 13.2. The SMILES string of the molecule is Cc1cnn2c1NC(c1ccccc1O)C=C2NCC1CCCN(S(=O)(=O)c2c(O)cccc2O)C1. The van der Waals surface area contributed by atoms with Gasteiger partial charge in [0.1, 0.15) is 28.9 Å². The minimum atomic E-state index is -4.06. The summed E-state index contributed by atoms with van der Waals surface area (Å²) in [5.41, 5.74) is 1.70. The second-order valence-electron chi connectivity index (χ2n) is 9.20. The van der Waals surface area contributed by atoms with Gasteiger partial charge >= 0.3 is 0 Å². The first-order valence-electron chi connectivity index (χ1n) is 11.8. The third-order valence-corrected chi connectivity index (χ3v) is 8.64. The third kappa shape index (κ3) is 4.35. The number of anilines is 1. The normalized spacial score (nSPS) is 20.3. The standard InChI is InChI=1S/C25H29N5O5S/c1-16-13-27-30-23(12-19(28-25(16)30)18-7-2-3-8-20(18)31)26-14-17-6-5-11-29(15-17)36(34,35)24-21(32)9-4-10-22(24)33/h2-4,7-10,12-13,17,19,26,28,31-33H,5-6,11,14-15H2,1H3. The van der Waals surface area contributed by atoms with Crippen molar-refractivity contribution < 1.29 is 23.7 Å². The van der Waals surface area contributed by atoms with Crippen molar-refractivity contribution in [1.29, 1.82) is 0 Å². The number of rotatable bonds is 6. The van der Waals surface area contributed by atoms with Gasteiger partial charge < -0.3 is 26.0 Å². The molecule has 3 aromatic rings. The quantitative estimate of drug-likeness (QED) is 0.340. The van der Waals surface area contributed by atoms with Gasteiger partial charge in [-0.25, -0.2) is 13.1 Å². The summed E-state index contributed by atoms with van der Waals surface area (Å²) in [5, 5.41) is 41.9. The molecule has 0 spiro atoms. The van der Waals surface area contributed by atoms with E-state index in [9.17, 15) is 23.7 Å². The zero-order valence-corrected chi connectivity index (χ0v) is 20.6. The molecule has 2 aromatic carbocycles. The fourth-order valence-electron chi connectivity index (χ4n) is 4.82. The molecule has 10 nitrogen and oxygen atoms in total. The van der Waals surface area contributed by atoms with Crippen LogP contribution in [0.1, 0.15) is 30.0 Å². The number of sulfonamides is 1. The number of aromatic hydroxyl groups is 3. The van der Waals surface area contributed by atoms with E-state index >= 15 is 0 Å². The Morgan fingerprint density at radius 2 is 1.81 bits per heavy atom. The van der Waals surface area contributed by atoms with Crippen LogP contribution < -0.4 is 10.6 Å². The first-order valence-corrected chi connectivity index (χ1v) is 13.3. The number of fused-ring (bicyclic) bond motifs is 1. The lowest BCUT2D eigenvalue weighted by atomic mass is 9.99. The molecular formula is C25H29N5O5S. The van der Waals surface area contributed by atoms with Crippen molar-refractivity contribution in [2.24, 2.45) is 5.92 Å². The monoisotopic (exact) mass is 511 g/mol. The summed E-state index contributed by atoms with van der Waals surface area (Å²) in [5.74, 6) is 0.816. The molecule has 5 rings (SSSR count). The molecule has 0 bridgehead atoms. The van der Waals surface area contributed by atoms with Crippen LogP contribution in [0.2, 0.25) is 0 Å². The van der Waals surface area contributed by atoms with Crippen LogP contribution in [0.15, 0.2) is 59.6 Å². The fraction of sp³-hybridized carbons (Fsp3) is 0.320. The topological polar surface area (TPSA) is 140 Å². The molecule has 0 saturated carbocycles. The highest BCUT2D eigenvalue weighted by Crippen LogP contribution is 2.36. The minimum absolute atomic E-state index is 0.000922. The molecule has 1 fully saturated rings. The Hall–Kier alpha value is -3.70. The zero-order chi connectivity index (χ0) is 25.4. The summed E-state index contributed by atoms with van der Waals surface area (Å²) in [4.78, 5) is -0.457. The summed E-state index contributed by atoms with van der Waals surface area (Å²) >= 11 is 0. The largest absolute Gasteiger partial charge is 0.508 e. The van der Waals surface area contributed by atoms with Crippen LogP contribution in [0.3, 0.4) is 0 Å². The Kier molecular flexibility index (Phi) is 6.27. The average molecular weight is 512 g/mol. The van der Waals surface area contributed by atoms with Crippen molar-refractivity contribution in [1.82, 2.24) is 19.4 Å². The summed E-state index contributed by atoms with van der Waals surface area (Å²) in [7, 11) is -4.06. The molecule has 3 heterocycles. The second-order valence-corrected chi connectivity index (χ2v) is 11.1. The number of hydrogen-bond donors (Lipinski definition) is 5. The van der Waals surface area contributed by atoms with Gasteiger partial charge in [-0.3, -0.25) is 0 Å². The second kappa shape index (κ2) is 9.40. The number of aromatic nitrogens is 2. The van der Waals surface area contributed by atoms with E-state index in [0.717, 1.165) is 29.2 Å². The number of phenols is 3. The summed E-state index contributed by atoms with van der Waals surface area (Å²) < 4.78 is 29.5. The van der Waals surface area contributed by atoms with Gasteiger partial charge in [-0.05, 0) is 50.0 Å².